The fourth-order valence-electron chi connectivity index (χ4n) is 3.68. The van der Waals surface area contributed by atoms with Gasteiger partial charge in [-0.15, -0.1) is 34.4 Å². The first kappa shape index (κ1) is 21.0. The van der Waals surface area contributed by atoms with Crippen molar-refractivity contribution in [2.75, 3.05) is 17.2 Å². The molecule has 0 N–H and O–H groups in total. The van der Waals surface area contributed by atoms with Crippen LogP contribution in [-0.4, -0.2) is 33.4 Å². The number of carbonyl (C=O) groups is 1. The SMILES string of the molecule is Cc1nc(SCC(=O)N2CC[C@H](C)Sc3ccccc32)c2c(-c3cccs3)csc2n1. The highest BCUT2D eigenvalue weighted by Gasteiger charge is 2.25. The van der Waals surface area contributed by atoms with Crippen LogP contribution in [0.4, 0.5) is 5.69 Å². The van der Waals surface area contributed by atoms with Gasteiger partial charge in [-0.3, -0.25) is 4.79 Å². The molecule has 4 nitrogen and oxygen atoms in total. The number of amides is 1. The highest BCUT2D eigenvalue weighted by molar-refractivity contribution is 8.00. The molecule has 0 aliphatic carbocycles. The van der Waals surface area contributed by atoms with Gasteiger partial charge in [-0.05, 0) is 36.9 Å². The normalized spacial score (nSPS) is 16.3. The molecule has 0 fully saturated rings. The van der Waals surface area contributed by atoms with Crippen LogP contribution in [0.2, 0.25) is 0 Å². The lowest BCUT2D eigenvalue weighted by Gasteiger charge is -2.22. The van der Waals surface area contributed by atoms with E-state index in [4.69, 9.17) is 4.98 Å². The molecule has 0 saturated carbocycles. The summed E-state index contributed by atoms with van der Waals surface area (Å²) < 4.78 is 0. The summed E-state index contributed by atoms with van der Waals surface area (Å²) in [5.41, 5.74) is 2.19. The first-order valence-electron chi connectivity index (χ1n) is 10.1. The molecule has 4 aromatic rings. The fraction of sp³-hybridized carbons (Fsp3) is 0.261. The zero-order valence-corrected chi connectivity index (χ0v) is 20.5. The number of carbonyl (C=O) groups excluding carboxylic acids is 1. The summed E-state index contributed by atoms with van der Waals surface area (Å²) in [5, 5.41) is 6.69. The van der Waals surface area contributed by atoms with E-state index in [0.29, 0.717) is 11.0 Å². The Morgan fingerprint density at radius 1 is 1.19 bits per heavy atom. The smallest absolute Gasteiger partial charge is 0.237 e. The Kier molecular flexibility index (Phi) is 6.05. The Bertz CT molecular complexity index is 1240. The number of anilines is 1. The number of nitrogens with zero attached hydrogens (tertiary/aromatic N) is 3. The van der Waals surface area contributed by atoms with Crippen molar-refractivity contribution in [3.63, 3.8) is 0 Å². The van der Waals surface area contributed by atoms with Gasteiger partial charge in [-0.2, -0.15) is 0 Å². The molecule has 5 rings (SSSR count). The summed E-state index contributed by atoms with van der Waals surface area (Å²) in [6, 6.07) is 12.4. The summed E-state index contributed by atoms with van der Waals surface area (Å²) in [5.74, 6) is 1.23. The van der Waals surface area contributed by atoms with E-state index in [-0.39, 0.29) is 5.91 Å². The van der Waals surface area contributed by atoms with Crippen molar-refractivity contribution in [1.29, 1.82) is 0 Å². The van der Waals surface area contributed by atoms with Crippen molar-refractivity contribution in [1.82, 2.24) is 9.97 Å². The molecule has 3 aromatic heterocycles. The number of aromatic nitrogens is 2. The van der Waals surface area contributed by atoms with Crippen molar-refractivity contribution in [3.8, 4) is 10.4 Å². The number of hydrogen-bond donors (Lipinski definition) is 0. The first-order valence-corrected chi connectivity index (χ1v) is 13.7. The van der Waals surface area contributed by atoms with E-state index in [0.717, 1.165) is 45.3 Å². The van der Waals surface area contributed by atoms with Crippen LogP contribution >= 0.6 is 46.2 Å². The molecule has 4 heterocycles. The van der Waals surface area contributed by atoms with Gasteiger partial charge in [0, 0.05) is 32.5 Å². The van der Waals surface area contributed by atoms with Gasteiger partial charge < -0.3 is 4.90 Å². The van der Waals surface area contributed by atoms with Gasteiger partial charge in [0.25, 0.3) is 0 Å². The third-order valence-corrected chi connectivity index (χ3v) is 9.15. The monoisotopic (exact) mass is 483 g/mol. The molecule has 1 aromatic carbocycles. The van der Waals surface area contributed by atoms with Gasteiger partial charge in [0.15, 0.2) is 0 Å². The topological polar surface area (TPSA) is 46.1 Å². The molecular formula is C23H21N3OS4. The van der Waals surface area contributed by atoms with Crippen LogP contribution in [0.1, 0.15) is 19.2 Å². The van der Waals surface area contributed by atoms with Crippen molar-refractivity contribution < 1.29 is 4.79 Å². The summed E-state index contributed by atoms with van der Waals surface area (Å²) in [6.45, 7) is 4.90. The van der Waals surface area contributed by atoms with Crippen molar-refractivity contribution in [2.45, 2.75) is 35.4 Å². The molecule has 8 heteroatoms. The van der Waals surface area contributed by atoms with Crippen molar-refractivity contribution >= 4 is 68.0 Å². The third kappa shape index (κ3) is 4.26. The van der Waals surface area contributed by atoms with Crippen LogP contribution < -0.4 is 4.90 Å². The Morgan fingerprint density at radius 2 is 2.06 bits per heavy atom. The second-order valence-corrected chi connectivity index (χ2v) is 11.7. The molecule has 0 unspecified atom stereocenters. The van der Waals surface area contributed by atoms with Gasteiger partial charge in [0.05, 0.1) is 16.8 Å². The molecule has 0 bridgehead atoms. The van der Waals surface area contributed by atoms with Crippen LogP contribution in [0, 0.1) is 6.92 Å². The number of aryl methyl sites for hydroxylation is 1. The molecule has 1 amide bonds. The highest BCUT2D eigenvalue weighted by Crippen LogP contribution is 2.41. The van der Waals surface area contributed by atoms with Crippen LogP contribution in [0.3, 0.4) is 0 Å². The second kappa shape index (κ2) is 8.94. The average Bonchev–Trinajstić information content (AvgIpc) is 3.39. The maximum absolute atomic E-state index is 13.3. The van der Waals surface area contributed by atoms with E-state index < -0.39 is 0 Å². The molecule has 1 aliphatic rings. The standard InChI is InChI=1S/C23H21N3OS4/c1-14-9-10-26(17-6-3-4-7-19(17)31-14)20(27)13-30-23-21-16(18-8-5-11-28-18)12-29-22(21)24-15(2)25-23/h3-8,11-12,14H,9-10,13H2,1-2H3/t14-/m0/s1. The number of thiophene rings is 2. The molecule has 1 aliphatic heterocycles. The maximum Gasteiger partial charge on any atom is 0.237 e. The van der Waals surface area contributed by atoms with Gasteiger partial charge in [-0.25, -0.2) is 9.97 Å². The lowest BCUT2D eigenvalue weighted by Crippen LogP contribution is -2.33. The number of fused-ring (bicyclic) bond motifs is 2. The van der Waals surface area contributed by atoms with E-state index in [1.807, 2.05) is 35.7 Å². The fourth-order valence-corrected chi connectivity index (χ4v) is 7.63. The minimum atomic E-state index is 0.129. The first-order chi connectivity index (χ1) is 15.1. The van der Waals surface area contributed by atoms with E-state index in [1.165, 1.54) is 21.5 Å². The quantitative estimate of drug-likeness (QED) is 0.238. The number of thioether (sulfide) groups is 2. The van der Waals surface area contributed by atoms with Gasteiger partial charge >= 0.3 is 0 Å². The number of benzene rings is 1. The van der Waals surface area contributed by atoms with E-state index in [1.54, 1.807) is 22.7 Å². The Labute approximate surface area is 198 Å². The average molecular weight is 484 g/mol. The lowest BCUT2D eigenvalue weighted by molar-refractivity contribution is -0.116. The summed E-state index contributed by atoms with van der Waals surface area (Å²) in [6.07, 6.45) is 0.986. The highest BCUT2D eigenvalue weighted by atomic mass is 32.2. The molecule has 0 spiro atoms. The molecular weight excluding hydrogens is 463 g/mol. The minimum Gasteiger partial charge on any atom is -0.311 e. The van der Waals surface area contributed by atoms with Gasteiger partial charge in [0.2, 0.25) is 5.91 Å². The van der Waals surface area contributed by atoms with Crippen LogP contribution in [-0.2, 0) is 4.79 Å². The predicted molar refractivity (Wildman–Crippen MR) is 135 cm³/mol. The van der Waals surface area contributed by atoms with E-state index in [2.05, 4.69) is 46.9 Å². The summed E-state index contributed by atoms with van der Waals surface area (Å²) in [7, 11) is 0. The molecule has 0 saturated heterocycles. The molecule has 1 atom stereocenters. The zero-order chi connectivity index (χ0) is 21.4. The van der Waals surface area contributed by atoms with E-state index >= 15 is 0 Å². The molecule has 31 heavy (non-hydrogen) atoms. The van der Waals surface area contributed by atoms with Crippen LogP contribution in [0.25, 0.3) is 20.7 Å². The van der Waals surface area contributed by atoms with Crippen molar-refractivity contribution in [3.05, 3.63) is 53.0 Å². The number of hydrogen-bond acceptors (Lipinski definition) is 7. The Hall–Kier alpha value is -1.87. The minimum absolute atomic E-state index is 0.129. The van der Waals surface area contributed by atoms with Crippen LogP contribution in [0.15, 0.2) is 57.1 Å². The lowest BCUT2D eigenvalue weighted by atomic mass is 10.2. The molecule has 0 radical (unpaired) electrons. The van der Waals surface area contributed by atoms with E-state index in [9.17, 15) is 4.79 Å². The zero-order valence-electron chi connectivity index (χ0n) is 17.2. The summed E-state index contributed by atoms with van der Waals surface area (Å²) >= 11 is 6.74. The van der Waals surface area contributed by atoms with Gasteiger partial charge in [0.1, 0.15) is 15.7 Å². The maximum atomic E-state index is 13.3. The largest absolute Gasteiger partial charge is 0.311 e. The Balaban J connectivity index is 1.44. The van der Waals surface area contributed by atoms with Crippen LogP contribution in [0.5, 0.6) is 0 Å². The molecule has 158 valence electrons. The predicted octanol–water partition coefficient (Wildman–Crippen LogP) is 6.74. The second-order valence-electron chi connectivity index (χ2n) is 7.40. The summed E-state index contributed by atoms with van der Waals surface area (Å²) in [4.78, 5) is 28.0. The number of rotatable bonds is 4. The number of para-hydroxylation sites is 1. The third-order valence-electron chi connectivity index (χ3n) is 5.18. The van der Waals surface area contributed by atoms with Crippen molar-refractivity contribution in [2.24, 2.45) is 0 Å². The Morgan fingerprint density at radius 3 is 2.90 bits per heavy atom. The van der Waals surface area contributed by atoms with Gasteiger partial charge in [-0.1, -0.05) is 36.9 Å².